The number of rotatable bonds is 2. The van der Waals surface area contributed by atoms with Crippen LogP contribution in [0.25, 0.3) is 5.52 Å². The van der Waals surface area contributed by atoms with Crippen LogP contribution in [0.15, 0.2) is 24.4 Å². The van der Waals surface area contributed by atoms with Crippen molar-refractivity contribution in [3.8, 4) is 0 Å². The zero-order valence-electron chi connectivity index (χ0n) is 9.93. The fourth-order valence-electron chi connectivity index (χ4n) is 2.66. The van der Waals surface area contributed by atoms with Gasteiger partial charge in [0.05, 0.1) is 11.7 Å². The molecule has 1 saturated heterocycles. The van der Waals surface area contributed by atoms with E-state index in [1.807, 2.05) is 28.8 Å². The molecule has 0 amide bonds. The third-order valence-electron chi connectivity index (χ3n) is 3.67. The SMILES string of the molecule is CN1CCCC1Cc1ncc2cccc(Cl)n12. The Morgan fingerprint density at radius 3 is 3.12 bits per heavy atom. The maximum atomic E-state index is 6.23. The number of nitrogens with zero attached hydrogens (tertiary/aromatic N) is 3. The van der Waals surface area contributed by atoms with E-state index in [2.05, 4.69) is 16.9 Å². The summed E-state index contributed by atoms with van der Waals surface area (Å²) in [6.45, 7) is 1.20. The Bertz CT molecular complexity index is 534. The van der Waals surface area contributed by atoms with Crippen molar-refractivity contribution < 1.29 is 0 Å². The van der Waals surface area contributed by atoms with E-state index in [0.29, 0.717) is 6.04 Å². The summed E-state index contributed by atoms with van der Waals surface area (Å²) in [4.78, 5) is 6.92. The van der Waals surface area contributed by atoms with Crippen molar-refractivity contribution in [1.29, 1.82) is 0 Å². The first-order valence-electron chi connectivity index (χ1n) is 6.07. The van der Waals surface area contributed by atoms with Crippen molar-refractivity contribution in [3.05, 3.63) is 35.4 Å². The smallest absolute Gasteiger partial charge is 0.115 e. The van der Waals surface area contributed by atoms with Crippen LogP contribution in [0, 0.1) is 0 Å². The molecule has 2 aromatic rings. The maximum absolute atomic E-state index is 6.23. The molecule has 90 valence electrons. The third kappa shape index (κ3) is 1.94. The van der Waals surface area contributed by atoms with E-state index in [1.165, 1.54) is 19.4 Å². The number of fused-ring (bicyclic) bond motifs is 1. The quantitative estimate of drug-likeness (QED) is 0.763. The molecule has 0 bridgehead atoms. The predicted octanol–water partition coefficient (Wildman–Crippen LogP) is 2.62. The highest BCUT2D eigenvalue weighted by Crippen LogP contribution is 2.21. The van der Waals surface area contributed by atoms with Gasteiger partial charge in [-0.25, -0.2) is 4.98 Å². The van der Waals surface area contributed by atoms with Crippen molar-refractivity contribution in [3.63, 3.8) is 0 Å². The molecule has 17 heavy (non-hydrogen) atoms. The van der Waals surface area contributed by atoms with Crippen LogP contribution >= 0.6 is 11.6 Å². The summed E-state index contributed by atoms with van der Waals surface area (Å²) in [5, 5.41) is 0.746. The van der Waals surface area contributed by atoms with Crippen LogP contribution in [0.2, 0.25) is 5.15 Å². The van der Waals surface area contributed by atoms with Crippen molar-refractivity contribution >= 4 is 17.1 Å². The molecule has 0 saturated carbocycles. The fraction of sp³-hybridized carbons (Fsp3) is 0.462. The Morgan fingerprint density at radius 2 is 2.35 bits per heavy atom. The monoisotopic (exact) mass is 249 g/mol. The summed E-state index contributed by atoms with van der Waals surface area (Å²) >= 11 is 6.23. The molecule has 1 unspecified atom stereocenters. The number of aromatic nitrogens is 2. The van der Waals surface area contributed by atoms with Crippen LogP contribution in [0.1, 0.15) is 18.7 Å². The number of hydrogen-bond donors (Lipinski definition) is 0. The van der Waals surface area contributed by atoms with Gasteiger partial charge in [-0.05, 0) is 38.6 Å². The second kappa shape index (κ2) is 4.31. The minimum atomic E-state index is 0.608. The van der Waals surface area contributed by atoms with Gasteiger partial charge in [0.25, 0.3) is 0 Å². The van der Waals surface area contributed by atoms with E-state index in [0.717, 1.165) is 22.9 Å². The highest BCUT2D eigenvalue weighted by Gasteiger charge is 2.22. The molecule has 0 spiro atoms. The van der Waals surface area contributed by atoms with Crippen LogP contribution < -0.4 is 0 Å². The molecule has 3 heterocycles. The van der Waals surface area contributed by atoms with E-state index in [1.54, 1.807) is 0 Å². The molecule has 0 radical (unpaired) electrons. The van der Waals surface area contributed by atoms with Gasteiger partial charge in [0.15, 0.2) is 0 Å². The lowest BCUT2D eigenvalue weighted by molar-refractivity contribution is 0.305. The van der Waals surface area contributed by atoms with Gasteiger partial charge in [0, 0.05) is 12.5 Å². The van der Waals surface area contributed by atoms with E-state index in [4.69, 9.17) is 11.6 Å². The molecule has 0 N–H and O–H groups in total. The van der Waals surface area contributed by atoms with E-state index < -0.39 is 0 Å². The van der Waals surface area contributed by atoms with Gasteiger partial charge < -0.3 is 4.90 Å². The number of likely N-dealkylation sites (tertiary alicyclic amines) is 1. The average molecular weight is 250 g/mol. The summed E-state index contributed by atoms with van der Waals surface area (Å²) in [7, 11) is 2.19. The molecular weight excluding hydrogens is 234 g/mol. The van der Waals surface area contributed by atoms with Gasteiger partial charge in [0.1, 0.15) is 11.0 Å². The highest BCUT2D eigenvalue weighted by atomic mass is 35.5. The molecule has 3 rings (SSSR count). The first-order chi connectivity index (χ1) is 8.25. The molecular formula is C13H16ClN3. The minimum Gasteiger partial charge on any atom is -0.303 e. The Labute approximate surface area is 106 Å². The molecule has 2 aromatic heterocycles. The zero-order chi connectivity index (χ0) is 11.8. The number of hydrogen-bond acceptors (Lipinski definition) is 2. The number of pyridine rings is 1. The van der Waals surface area contributed by atoms with E-state index >= 15 is 0 Å². The normalized spacial score (nSPS) is 21.4. The number of halogens is 1. The first kappa shape index (κ1) is 11.1. The summed E-state index contributed by atoms with van der Waals surface area (Å²) in [6, 6.07) is 6.53. The first-order valence-corrected chi connectivity index (χ1v) is 6.44. The van der Waals surface area contributed by atoms with Crippen LogP contribution in [-0.4, -0.2) is 33.9 Å². The summed E-state index contributed by atoms with van der Waals surface area (Å²) < 4.78 is 2.05. The molecule has 1 atom stereocenters. The lowest BCUT2D eigenvalue weighted by atomic mass is 10.1. The molecule has 1 aliphatic heterocycles. The zero-order valence-corrected chi connectivity index (χ0v) is 10.7. The van der Waals surface area contributed by atoms with Gasteiger partial charge in [-0.15, -0.1) is 0 Å². The van der Waals surface area contributed by atoms with Crippen LogP contribution in [0.5, 0.6) is 0 Å². The van der Waals surface area contributed by atoms with Gasteiger partial charge in [-0.1, -0.05) is 17.7 Å². The molecule has 0 aromatic carbocycles. The summed E-state index contributed by atoms with van der Waals surface area (Å²) in [5.41, 5.74) is 1.08. The van der Waals surface area contributed by atoms with Crippen molar-refractivity contribution in [2.75, 3.05) is 13.6 Å². The Morgan fingerprint density at radius 1 is 1.47 bits per heavy atom. The largest absolute Gasteiger partial charge is 0.303 e. The highest BCUT2D eigenvalue weighted by molar-refractivity contribution is 6.29. The Kier molecular flexibility index (Phi) is 2.81. The summed E-state index contributed by atoms with van der Waals surface area (Å²) in [5.74, 6) is 1.07. The molecule has 1 aliphatic rings. The van der Waals surface area contributed by atoms with Crippen LogP contribution in [0.4, 0.5) is 0 Å². The molecule has 4 heteroatoms. The van der Waals surface area contributed by atoms with Crippen molar-refractivity contribution in [2.24, 2.45) is 0 Å². The maximum Gasteiger partial charge on any atom is 0.115 e. The lowest BCUT2D eigenvalue weighted by Crippen LogP contribution is -2.27. The predicted molar refractivity (Wildman–Crippen MR) is 69.6 cm³/mol. The third-order valence-corrected chi connectivity index (χ3v) is 3.96. The van der Waals surface area contributed by atoms with Crippen molar-refractivity contribution in [1.82, 2.24) is 14.3 Å². The van der Waals surface area contributed by atoms with Crippen molar-refractivity contribution in [2.45, 2.75) is 25.3 Å². The van der Waals surface area contributed by atoms with Gasteiger partial charge in [-0.3, -0.25) is 4.40 Å². The van der Waals surface area contributed by atoms with Crippen LogP contribution in [0.3, 0.4) is 0 Å². The topological polar surface area (TPSA) is 20.5 Å². The molecule has 3 nitrogen and oxygen atoms in total. The Balaban J connectivity index is 1.95. The van der Waals surface area contributed by atoms with E-state index in [9.17, 15) is 0 Å². The molecule has 0 aliphatic carbocycles. The van der Waals surface area contributed by atoms with Gasteiger partial charge >= 0.3 is 0 Å². The second-order valence-corrected chi connectivity index (χ2v) is 5.15. The second-order valence-electron chi connectivity index (χ2n) is 4.76. The Hall–Kier alpha value is -1.06. The van der Waals surface area contributed by atoms with Gasteiger partial charge in [0.2, 0.25) is 0 Å². The lowest BCUT2D eigenvalue weighted by Gasteiger charge is -2.18. The number of likely N-dealkylation sites (N-methyl/N-ethyl adjacent to an activating group) is 1. The fourth-order valence-corrected chi connectivity index (χ4v) is 2.93. The van der Waals surface area contributed by atoms with Gasteiger partial charge in [-0.2, -0.15) is 0 Å². The van der Waals surface area contributed by atoms with Crippen LogP contribution in [-0.2, 0) is 6.42 Å². The van der Waals surface area contributed by atoms with E-state index in [-0.39, 0.29) is 0 Å². The molecule has 1 fully saturated rings. The minimum absolute atomic E-state index is 0.608. The standard InChI is InChI=1S/C13H16ClN3/c1-16-7-3-5-10(16)8-13-15-9-11-4-2-6-12(14)17(11)13/h2,4,6,9-10H,3,5,7-8H2,1H3. The number of imidazole rings is 1. The average Bonchev–Trinajstić information content (AvgIpc) is 2.89. The summed E-state index contributed by atoms with van der Waals surface area (Å²) in [6.07, 6.45) is 5.43.